The van der Waals surface area contributed by atoms with Crippen LogP contribution in [0.5, 0.6) is 5.75 Å². The maximum Gasteiger partial charge on any atom is 0.291 e. The van der Waals surface area contributed by atoms with Gasteiger partial charge in [-0.2, -0.15) is 0 Å². The summed E-state index contributed by atoms with van der Waals surface area (Å²) in [5.41, 5.74) is 1.14. The molecule has 0 bridgehead atoms. The van der Waals surface area contributed by atoms with Crippen molar-refractivity contribution >= 4 is 11.7 Å². The molecule has 3 heterocycles. The summed E-state index contributed by atoms with van der Waals surface area (Å²) in [5, 5.41) is 0. The van der Waals surface area contributed by atoms with E-state index in [1.54, 1.807) is 6.20 Å². The van der Waals surface area contributed by atoms with Gasteiger partial charge in [0.1, 0.15) is 11.6 Å². The third-order valence-electron chi connectivity index (χ3n) is 4.95. The lowest BCUT2D eigenvalue weighted by atomic mass is 10.1. The molecule has 2 aromatic rings. The SMILES string of the molecule is CCOc1ccc(C2N(c3ccccn3)C(=O)C3CCC[NH+]32)cc1. The van der Waals surface area contributed by atoms with E-state index in [4.69, 9.17) is 4.74 Å². The second-order valence-electron chi connectivity index (χ2n) is 6.32. The Morgan fingerprint density at radius 2 is 2.08 bits per heavy atom. The molecular formula is C19H22N3O2+. The Morgan fingerprint density at radius 1 is 1.25 bits per heavy atom. The molecule has 4 rings (SSSR count). The highest BCUT2D eigenvalue weighted by atomic mass is 16.5. The van der Waals surface area contributed by atoms with Crippen molar-refractivity contribution in [1.82, 2.24) is 4.98 Å². The van der Waals surface area contributed by atoms with Gasteiger partial charge in [0.25, 0.3) is 5.91 Å². The largest absolute Gasteiger partial charge is 0.494 e. The van der Waals surface area contributed by atoms with E-state index in [-0.39, 0.29) is 18.1 Å². The third kappa shape index (κ3) is 2.45. The van der Waals surface area contributed by atoms with E-state index in [9.17, 15) is 4.79 Å². The highest BCUT2D eigenvalue weighted by molar-refractivity contribution is 5.97. The van der Waals surface area contributed by atoms with E-state index < -0.39 is 0 Å². The number of ether oxygens (including phenoxy) is 1. The molecule has 2 aliphatic rings. The quantitative estimate of drug-likeness (QED) is 0.929. The summed E-state index contributed by atoms with van der Waals surface area (Å²) in [6.07, 6.45) is 3.81. The van der Waals surface area contributed by atoms with E-state index in [0.717, 1.165) is 36.5 Å². The first kappa shape index (κ1) is 15.1. The molecule has 124 valence electrons. The maximum absolute atomic E-state index is 13.0. The van der Waals surface area contributed by atoms with Crippen molar-refractivity contribution in [3.05, 3.63) is 54.2 Å². The van der Waals surface area contributed by atoms with Gasteiger partial charge in [0.2, 0.25) is 0 Å². The number of hydrogen-bond acceptors (Lipinski definition) is 3. The molecule has 3 atom stereocenters. The molecule has 1 aromatic heterocycles. The number of carbonyl (C=O) groups is 1. The van der Waals surface area contributed by atoms with Gasteiger partial charge in [0.15, 0.2) is 12.2 Å². The zero-order valence-electron chi connectivity index (χ0n) is 13.8. The lowest BCUT2D eigenvalue weighted by molar-refractivity contribution is -0.924. The molecule has 24 heavy (non-hydrogen) atoms. The minimum atomic E-state index is -0.00410. The molecule has 1 N–H and O–H groups in total. The summed E-state index contributed by atoms with van der Waals surface area (Å²) in [6.45, 7) is 3.66. The van der Waals surface area contributed by atoms with Crippen LogP contribution in [-0.4, -0.2) is 30.1 Å². The van der Waals surface area contributed by atoms with Crippen LogP contribution in [0.3, 0.4) is 0 Å². The Balaban J connectivity index is 1.73. The minimum Gasteiger partial charge on any atom is -0.494 e. The van der Waals surface area contributed by atoms with Crippen LogP contribution in [0.1, 0.15) is 31.5 Å². The van der Waals surface area contributed by atoms with E-state index in [2.05, 4.69) is 17.1 Å². The van der Waals surface area contributed by atoms with E-state index >= 15 is 0 Å². The van der Waals surface area contributed by atoms with Gasteiger partial charge < -0.3 is 9.64 Å². The molecule has 5 nitrogen and oxygen atoms in total. The van der Waals surface area contributed by atoms with Crippen LogP contribution >= 0.6 is 0 Å². The molecule has 0 radical (unpaired) electrons. The smallest absolute Gasteiger partial charge is 0.291 e. The Morgan fingerprint density at radius 3 is 2.79 bits per heavy atom. The summed E-state index contributed by atoms with van der Waals surface area (Å²) >= 11 is 0. The molecule has 2 fully saturated rings. The topological polar surface area (TPSA) is 46.9 Å². The molecule has 3 unspecified atom stereocenters. The Kier molecular flexibility index (Phi) is 3.94. The Bertz CT molecular complexity index is 717. The van der Waals surface area contributed by atoms with Crippen molar-refractivity contribution in [1.29, 1.82) is 0 Å². The van der Waals surface area contributed by atoms with Crippen LogP contribution in [0.15, 0.2) is 48.7 Å². The van der Waals surface area contributed by atoms with Gasteiger partial charge in [-0.1, -0.05) is 6.07 Å². The monoisotopic (exact) mass is 324 g/mol. The molecule has 1 amide bonds. The Labute approximate surface area is 141 Å². The number of nitrogens with one attached hydrogen (secondary N) is 1. The van der Waals surface area contributed by atoms with Crippen LogP contribution in [0.25, 0.3) is 0 Å². The lowest BCUT2D eigenvalue weighted by Crippen LogP contribution is -3.12. The average molecular weight is 324 g/mol. The number of anilines is 1. The van der Waals surface area contributed by atoms with Crippen molar-refractivity contribution < 1.29 is 14.4 Å². The van der Waals surface area contributed by atoms with Gasteiger partial charge >= 0.3 is 0 Å². The van der Waals surface area contributed by atoms with Gasteiger partial charge in [0, 0.05) is 24.6 Å². The number of rotatable bonds is 4. The summed E-state index contributed by atoms with van der Waals surface area (Å²) in [4.78, 5) is 20.6. The third-order valence-corrected chi connectivity index (χ3v) is 4.95. The van der Waals surface area contributed by atoms with Crippen LogP contribution in [-0.2, 0) is 4.79 Å². The molecule has 1 aromatic carbocycles. The molecule has 2 aliphatic heterocycles. The van der Waals surface area contributed by atoms with Crippen LogP contribution in [0.2, 0.25) is 0 Å². The predicted octanol–water partition coefficient (Wildman–Crippen LogP) is 1.57. The van der Waals surface area contributed by atoms with Gasteiger partial charge in [-0.05, 0) is 43.3 Å². The fraction of sp³-hybridized carbons (Fsp3) is 0.368. The molecular weight excluding hydrogens is 302 g/mol. The molecule has 0 spiro atoms. The van der Waals surface area contributed by atoms with Crippen molar-refractivity contribution in [3.8, 4) is 5.75 Å². The first-order valence-corrected chi connectivity index (χ1v) is 8.62. The van der Waals surface area contributed by atoms with Crippen molar-refractivity contribution in [3.63, 3.8) is 0 Å². The highest BCUT2D eigenvalue weighted by Crippen LogP contribution is 2.30. The van der Waals surface area contributed by atoms with Gasteiger partial charge in [-0.15, -0.1) is 0 Å². The molecule has 2 saturated heterocycles. The summed E-state index contributed by atoms with van der Waals surface area (Å²) < 4.78 is 5.54. The number of fused-ring (bicyclic) bond motifs is 1. The first-order chi connectivity index (χ1) is 11.8. The molecule has 0 saturated carbocycles. The normalized spacial score (nSPS) is 25.8. The zero-order valence-corrected chi connectivity index (χ0v) is 13.8. The van der Waals surface area contributed by atoms with Crippen molar-refractivity contribution in [2.45, 2.75) is 32.0 Å². The van der Waals surface area contributed by atoms with E-state index in [1.807, 2.05) is 42.2 Å². The number of benzene rings is 1. The summed E-state index contributed by atoms with van der Waals surface area (Å²) in [6, 6.07) is 13.9. The van der Waals surface area contributed by atoms with Gasteiger partial charge in [-0.3, -0.25) is 4.79 Å². The lowest BCUT2D eigenvalue weighted by Gasteiger charge is -2.25. The Hall–Kier alpha value is -2.40. The zero-order chi connectivity index (χ0) is 16.5. The maximum atomic E-state index is 13.0. The predicted molar refractivity (Wildman–Crippen MR) is 90.9 cm³/mol. The minimum absolute atomic E-state index is 0.00410. The van der Waals surface area contributed by atoms with Crippen molar-refractivity contribution in [2.24, 2.45) is 0 Å². The number of quaternary nitrogens is 1. The number of hydrogen-bond donors (Lipinski definition) is 1. The number of amides is 1. The fourth-order valence-electron chi connectivity index (χ4n) is 3.96. The highest BCUT2D eigenvalue weighted by Gasteiger charge is 2.53. The first-order valence-electron chi connectivity index (χ1n) is 8.62. The number of aromatic nitrogens is 1. The van der Waals surface area contributed by atoms with E-state index in [0.29, 0.717) is 6.61 Å². The van der Waals surface area contributed by atoms with Crippen LogP contribution in [0, 0.1) is 0 Å². The van der Waals surface area contributed by atoms with E-state index in [1.165, 1.54) is 4.90 Å². The average Bonchev–Trinajstić information content (AvgIpc) is 3.19. The van der Waals surface area contributed by atoms with Gasteiger partial charge in [0.05, 0.1) is 13.2 Å². The molecule has 5 heteroatoms. The second-order valence-corrected chi connectivity index (χ2v) is 6.32. The van der Waals surface area contributed by atoms with Crippen LogP contribution < -0.4 is 14.5 Å². The number of pyridine rings is 1. The second kappa shape index (κ2) is 6.24. The standard InChI is InChI=1S/C19H21N3O2/c1-2-24-15-10-8-14(9-11-15)18-21-13-5-6-16(21)19(23)22(18)17-7-3-4-12-20-17/h3-4,7-12,16,18H,2,5-6,13H2,1H3/p+1. The number of nitrogens with zero attached hydrogens (tertiary/aromatic N) is 2. The fourth-order valence-corrected chi connectivity index (χ4v) is 3.96. The molecule has 0 aliphatic carbocycles. The summed E-state index contributed by atoms with van der Waals surface area (Å²) in [7, 11) is 0. The number of carbonyl (C=O) groups excluding carboxylic acids is 1. The summed E-state index contributed by atoms with van der Waals surface area (Å²) in [5.74, 6) is 1.80. The van der Waals surface area contributed by atoms with Crippen molar-refractivity contribution in [2.75, 3.05) is 18.1 Å². The van der Waals surface area contributed by atoms with Crippen LogP contribution in [0.4, 0.5) is 5.82 Å². The van der Waals surface area contributed by atoms with Gasteiger partial charge in [-0.25, -0.2) is 9.88 Å².